The highest BCUT2D eigenvalue weighted by molar-refractivity contribution is 5.69. The maximum Gasteiger partial charge on any atom is 0.165 e. The Balaban J connectivity index is 2.00. The van der Waals surface area contributed by atoms with Crippen molar-refractivity contribution in [2.45, 2.75) is 13.0 Å². The van der Waals surface area contributed by atoms with E-state index in [1.165, 1.54) is 0 Å². The van der Waals surface area contributed by atoms with Crippen LogP contribution in [0, 0.1) is 11.3 Å². The first-order chi connectivity index (χ1) is 10.3. The molecule has 1 heterocycles. The SMILES string of the molecule is N#CCc1ccc(-c2cc(CN)c3c(c2)OCCO3)cc1. The smallest absolute Gasteiger partial charge is 0.165 e. The van der Waals surface area contributed by atoms with Gasteiger partial charge in [-0.1, -0.05) is 24.3 Å². The summed E-state index contributed by atoms with van der Waals surface area (Å²) in [4.78, 5) is 0. The minimum absolute atomic E-state index is 0.409. The van der Waals surface area contributed by atoms with Gasteiger partial charge < -0.3 is 15.2 Å². The van der Waals surface area contributed by atoms with Crippen LogP contribution in [0.1, 0.15) is 11.1 Å². The molecule has 0 unspecified atom stereocenters. The second-order valence-electron chi connectivity index (χ2n) is 4.90. The van der Waals surface area contributed by atoms with Gasteiger partial charge in [0.25, 0.3) is 0 Å². The van der Waals surface area contributed by atoms with E-state index < -0.39 is 0 Å². The molecule has 2 aromatic carbocycles. The Kier molecular flexibility index (Phi) is 3.76. The van der Waals surface area contributed by atoms with Crippen LogP contribution in [0.25, 0.3) is 11.1 Å². The van der Waals surface area contributed by atoms with Gasteiger partial charge in [0.05, 0.1) is 12.5 Å². The van der Waals surface area contributed by atoms with E-state index in [1.807, 2.05) is 36.4 Å². The number of ether oxygens (including phenoxy) is 2. The molecule has 4 heteroatoms. The van der Waals surface area contributed by atoms with Crippen molar-refractivity contribution in [2.24, 2.45) is 5.73 Å². The Hall–Kier alpha value is -2.51. The van der Waals surface area contributed by atoms with Gasteiger partial charge in [0.1, 0.15) is 13.2 Å². The fourth-order valence-electron chi connectivity index (χ4n) is 2.45. The van der Waals surface area contributed by atoms with Gasteiger partial charge in [0.15, 0.2) is 11.5 Å². The van der Waals surface area contributed by atoms with Crippen molar-refractivity contribution in [1.82, 2.24) is 0 Å². The molecule has 0 bridgehead atoms. The van der Waals surface area contributed by atoms with Gasteiger partial charge in [0.2, 0.25) is 0 Å². The van der Waals surface area contributed by atoms with E-state index in [0.29, 0.717) is 26.2 Å². The third-order valence-corrected chi connectivity index (χ3v) is 3.51. The zero-order chi connectivity index (χ0) is 14.7. The number of nitrogens with two attached hydrogens (primary N) is 1. The highest BCUT2D eigenvalue weighted by Gasteiger charge is 2.17. The van der Waals surface area contributed by atoms with Crippen molar-refractivity contribution in [2.75, 3.05) is 13.2 Å². The Bertz CT molecular complexity index is 670. The molecule has 0 spiro atoms. The Morgan fingerprint density at radius 1 is 1.05 bits per heavy atom. The zero-order valence-electron chi connectivity index (χ0n) is 11.6. The highest BCUT2D eigenvalue weighted by Crippen LogP contribution is 2.38. The monoisotopic (exact) mass is 280 g/mol. The van der Waals surface area contributed by atoms with E-state index in [9.17, 15) is 0 Å². The third-order valence-electron chi connectivity index (χ3n) is 3.51. The van der Waals surface area contributed by atoms with E-state index in [2.05, 4.69) is 6.07 Å². The van der Waals surface area contributed by atoms with Gasteiger partial charge in [-0.3, -0.25) is 0 Å². The molecule has 0 fully saturated rings. The van der Waals surface area contributed by atoms with Crippen LogP contribution in [-0.4, -0.2) is 13.2 Å². The molecule has 2 aromatic rings. The largest absolute Gasteiger partial charge is 0.486 e. The lowest BCUT2D eigenvalue weighted by Crippen LogP contribution is -2.17. The maximum atomic E-state index is 8.71. The van der Waals surface area contributed by atoms with E-state index in [4.69, 9.17) is 20.5 Å². The van der Waals surface area contributed by atoms with Gasteiger partial charge in [-0.2, -0.15) is 5.26 Å². The molecule has 0 aromatic heterocycles. The molecule has 0 radical (unpaired) electrons. The molecule has 1 aliphatic rings. The number of benzene rings is 2. The summed E-state index contributed by atoms with van der Waals surface area (Å²) in [6.45, 7) is 1.52. The molecular formula is C17H16N2O2. The van der Waals surface area contributed by atoms with Crippen LogP contribution >= 0.6 is 0 Å². The average molecular weight is 280 g/mol. The molecule has 0 atom stereocenters. The summed E-state index contributed by atoms with van der Waals surface area (Å²) in [5, 5.41) is 8.71. The Morgan fingerprint density at radius 3 is 2.52 bits per heavy atom. The predicted molar refractivity (Wildman–Crippen MR) is 80.1 cm³/mol. The molecule has 4 nitrogen and oxygen atoms in total. The summed E-state index contributed by atoms with van der Waals surface area (Å²) in [7, 11) is 0. The molecular weight excluding hydrogens is 264 g/mol. The molecule has 0 aliphatic carbocycles. The first kappa shape index (κ1) is 13.5. The van der Waals surface area contributed by atoms with Crippen LogP contribution in [0.2, 0.25) is 0 Å². The second-order valence-corrected chi connectivity index (χ2v) is 4.90. The fourth-order valence-corrected chi connectivity index (χ4v) is 2.45. The van der Waals surface area contributed by atoms with Crippen molar-refractivity contribution >= 4 is 0 Å². The number of hydrogen-bond donors (Lipinski definition) is 1. The number of hydrogen-bond acceptors (Lipinski definition) is 4. The molecule has 3 rings (SSSR count). The van der Waals surface area contributed by atoms with Crippen molar-refractivity contribution in [3.05, 3.63) is 47.5 Å². The predicted octanol–water partition coefficient (Wildman–Crippen LogP) is 2.65. The topological polar surface area (TPSA) is 68.3 Å². The number of rotatable bonds is 3. The fraction of sp³-hybridized carbons (Fsp3) is 0.235. The first-order valence-corrected chi connectivity index (χ1v) is 6.90. The van der Waals surface area contributed by atoms with Crippen molar-refractivity contribution in [1.29, 1.82) is 5.26 Å². The van der Waals surface area contributed by atoms with Gasteiger partial charge in [-0.05, 0) is 28.8 Å². The lowest BCUT2D eigenvalue weighted by Gasteiger charge is -2.22. The van der Waals surface area contributed by atoms with Crippen LogP contribution in [0.5, 0.6) is 11.5 Å². The minimum atomic E-state index is 0.409. The summed E-state index contributed by atoms with van der Waals surface area (Å²) in [6.07, 6.45) is 0.426. The van der Waals surface area contributed by atoms with Crippen LogP contribution in [0.15, 0.2) is 36.4 Å². The molecule has 106 valence electrons. The lowest BCUT2D eigenvalue weighted by molar-refractivity contribution is 0.170. The summed E-state index contributed by atoms with van der Waals surface area (Å²) in [5.74, 6) is 1.51. The number of nitriles is 1. The maximum absolute atomic E-state index is 8.71. The van der Waals surface area contributed by atoms with Crippen LogP contribution < -0.4 is 15.2 Å². The zero-order valence-corrected chi connectivity index (χ0v) is 11.6. The Labute approximate surface area is 123 Å². The molecule has 0 saturated heterocycles. The quantitative estimate of drug-likeness (QED) is 0.938. The average Bonchev–Trinajstić information content (AvgIpc) is 2.55. The van der Waals surface area contributed by atoms with Crippen LogP contribution in [0.3, 0.4) is 0 Å². The Morgan fingerprint density at radius 2 is 1.81 bits per heavy atom. The summed E-state index contributed by atoms with van der Waals surface area (Å²) < 4.78 is 11.3. The normalized spacial score (nSPS) is 12.8. The standard InChI is InChI=1S/C17H16N2O2/c18-6-5-12-1-3-13(4-2-12)14-9-15(11-19)17-16(10-14)20-7-8-21-17/h1-4,9-10H,5,7-8,11,19H2. The van der Waals surface area contributed by atoms with Gasteiger partial charge in [0, 0.05) is 12.1 Å². The van der Waals surface area contributed by atoms with Crippen molar-refractivity contribution in [3.8, 4) is 28.7 Å². The van der Waals surface area contributed by atoms with Crippen molar-refractivity contribution in [3.63, 3.8) is 0 Å². The van der Waals surface area contributed by atoms with E-state index in [0.717, 1.165) is 33.8 Å². The van der Waals surface area contributed by atoms with Gasteiger partial charge in [-0.25, -0.2) is 0 Å². The molecule has 1 aliphatic heterocycles. The van der Waals surface area contributed by atoms with Crippen LogP contribution in [-0.2, 0) is 13.0 Å². The third kappa shape index (κ3) is 2.69. The van der Waals surface area contributed by atoms with E-state index >= 15 is 0 Å². The van der Waals surface area contributed by atoms with Gasteiger partial charge in [-0.15, -0.1) is 0 Å². The lowest BCUT2D eigenvalue weighted by atomic mass is 9.99. The molecule has 0 amide bonds. The first-order valence-electron chi connectivity index (χ1n) is 6.90. The minimum Gasteiger partial charge on any atom is -0.486 e. The summed E-state index contributed by atoms with van der Waals surface area (Å²) in [5.41, 5.74) is 9.89. The van der Waals surface area contributed by atoms with E-state index in [1.54, 1.807) is 0 Å². The van der Waals surface area contributed by atoms with Crippen LogP contribution in [0.4, 0.5) is 0 Å². The summed E-state index contributed by atoms with van der Waals surface area (Å²) >= 11 is 0. The highest BCUT2D eigenvalue weighted by atomic mass is 16.6. The van der Waals surface area contributed by atoms with Gasteiger partial charge >= 0.3 is 0 Å². The number of fused-ring (bicyclic) bond motifs is 1. The number of nitrogens with zero attached hydrogens (tertiary/aromatic N) is 1. The van der Waals surface area contributed by atoms with Crippen molar-refractivity contribution < 1.29 is 9.47 Å². The van der Waals surface area contributed by atoms with E-state index in [-0.39, 0.29) is 0 Å². The summed E-state index contributed by atoms with van der Waals surface area (Å²) in [6, 6.07) is 14.1. The second kappa shape index (κ2) is 5.86. The molecule has 21 heavy (non-hydrogen) atoms. The molecule has 0 saturated carbocycles. The molecule has 2 N–H and O–H groups in total.